The Bertz CT molecular complexity index is 1320. The van der Waals surface area contributed by atoms with Crippen LogP contribution in [0.5, 0.6) is 5.75 Å². The summed E-state index contributed by atoms with van der Waals surface area (Å²) in [6.07, 6.45) is 8.35. The number of nitrogens with zero attached hydrogens (tertiary/aromatic N) is 4. The SMILES string of the molecule is CC=C1C(CC(CC)c2cnc(-c3ccc(OC(C)C)c(N(C)C)c3)s2)CCC1N(C)S(=O)(=O)CCN(CC)CC(O)CC. The van der Waals surface area contributed by atoms with Crippen molar-refractivity contribution in [2.24, 2.45) is 5.92 Å². The Morgan fingerprint density at radius 1 is 1.14 bits per heavy atom. The first-order valence-corrected chi connectivity index (χ1v) is 18.7. The van der Waals surface area contributed by atoms with Gasteiger partial charge in [0.2, 0.25) is 10.0 Å². The van der Waals surface area contributed by atoms with Crippen LogP contribution in [-0.2, 0) is 10.0 Å². The number of aromatic nitrogens is 1. The molecule has 1 aliphatic carbocycles. The molecule has 4 unspecified atom stereocenters. The molecule has 1 fully saturated rings. The van der Waals surface area contributed by atoms with Crippen LogP contribution in [0.4, 0.5) is 5.69 Å². The van der Waals surface area contributed by atoms with E-state index in [-0.39, 0.29) is 17.9 Å². The van der Waals surface area contributed by atoms with Gasteiger partial charge in [-0.25, -0.2) is 13.4 Å². The van der Waals surface area contributed by atoms with Crippen molar-refractivity contribution in [3.05, 3.63) is 40.9 Å². The highest BCUT2D eigenvalue weighted by Gasteiger charge is 2.38. The minimum Gasteiger partial charge on any atom is -0.489 e. The number of anilines is 1. The predicted molar refractivity (Wildman–Crippen MR) is 186 cm³/mol. The molecular weight excluding hydrogens is 593 g/mol. The van der Waals surface area contributed by atoms with E-state index in [9.17, 15) is 13.5 Å². The first-order valence-electron chi connectivity index (χ1n) is 16.3. The summed E-state index contributed by atoms with van der Waals surface area (Å²) in [5, 5.41) is 11.1. The number of benzene rings is 1. The lowest BCUT2D eigenvalue weighted by Crippen LogP contribution is -2.42. The number of rotatable bonds is 17. The minimum absolute atomic E-state index is 0.0628. The molecule has 2 aromatic rings. The first-order chi connectivity index (χ1) is 20.8. The lowest BCUT2D eigenvalue weighted by Gasteiger charge is -2.29. The molecule has 1 aliphatic rings. The quantitative estimate of drug-likeness (QED) is 0.193. The van der Waals surface area contributed by atoms with E-state index < -0.39 is 16.1 Å². The summed E-state index contributed by atoms with van der Waals surface area (Å²) in [5.41, 5.74) is 3.36. The Hall–Kier alpha value is -1.98. The molecule has 0 spiro atoms. The molecule has 3 rings (SSSR count). The summed E-state index contributed by atoms with van der Waals surface area (Å²) in [7, 11) is 2.36. The van der Waals surface area contributed by atoms with E-state index in [1.54, 1.807) is 22.7 Å². The molecule has 0 saturated heterocycles. The summed E-state index contributed by atoms with van der Waals surface area (Å²) in [4.78, 5) is 10.2. The smallest absolute Gasteiger partial charge is 0.215 e. The van der Waals surface area contributed by atoms with Crippen LogP contribution >= 0.6 is 11.3 Å². The minimum atomic E-state index is -3.44. The van der Waals surface area contributed by atoms with Crippen LogP contribution in [0.2, 0.25) is 0 Å². The van der Waals surface area contributed by atoms with Crippen molar-refractivity contribution < 1.29 is 18.3 Å². The number of aliphatic hydroxyl groups is 1. The zero-order chi connectivity index (χ0) is 32.6. The standard InChI is InChI=1S/C34H56N4O4S2/c1-10-25(33-22-35-34(43-33)27-15-17-32(42-24(5)6)31(21-27)36(7)8)20-26-14-16-30(29(26)12-3)37(9)44(40,41)19-18-38(13-4)23-28(39)11-2/h12,15,17,21-22,24-26,28,30,39H,10-11,13-14,16,18-20,23H2,1-9H3. The fraction of sp³-hybridized carbons (Fsp3) is 0.676. The van der Waals surface area contributed by atoms with Gasteiger partial charge >= 0.3 is 0 Å². The molecule has 1 heterocycles. The van der Waals surface area contributed by atoms with Crippen LogP contribution < -0.4 is 9.64 Å². The Morgan fingerprint density at radius 2 is 1.86 bits per heavy atom. The molecule has 0 bridgehead atoms. The number of thiazole rings is 1. The maximum atomic E-state index is 13.4. The molecule has 1 saturated carbocycles. The fourth-order valence-corrected chi connectivity index (χ4v) is 8.72. The summed E-state index contributed by atoms with van der Waals surface area (Å²) in [6, 6.07) is 6.19. The largest absolute Gasteiger partial charge is 0.489 e. The van der Waals surface area contributed by atoms with E-state index >= 15 is 0 Å². The second-order valence-corrected chi connectivity index (χ2v) is 15.7. The van der Waals surface area contributed by atoms with E-state index in [4.69, 9.17) is 9.72 Å². The highest BCUT2D eigenvalue weighted by Crippen LogP contribution is 2.44. The van der Waals surface area contributed by atoms with Crippen LogP contribution in [0.25, 0.3) is 10.6 Å². The molecular formula is C34H56N4O4S2. The number of sulfonamides is 1. The number of likely N-dealkylation sites (N-methyl/N-ethyl adjacent to an activating group) is 2. The average Bonchev–Trinajstić information content (AvgIpc) is 3.64. The van der Waals surface area contributed by atoms with Gasteiger partial charge in [-0.1, -0.05) is 32.4 Å². The third-order valence-corrected chi connectivity index (χ3v) is 12.0. The van der Waals surface area contributed by atoms with E-state index in [1.165, 1.54) is 10.5 Å². The van der Waals surface area contributed by atoms with Crippen LogP contribution in [-0.4, -0.2) is 92.5 Å². The molecule has 0 amide bonds. The third kappa shape index (κ3) is 9.28. The molecule has 248 valence electrons. The van der Waals surface area contributed by atoms with Crippen molar-refractivity contribution in [1.29, 1.82) is 0 Å². The first kappa shape index (κ1) is 36.5. The molecule has 10 heteroatoms. The van der Waals surface area contributed by atoms with Crippen LogP contribution in [0.3, 0.4) is 0 Å². The summed E-state index contributed by atoms with van der Waals surface area (Å²) < 4.78 is 34.5. The normalized spacial score (nSPS) is 19.8. The van der Waals surface area contributed by atoms with Gasteiger partial charge in [0.15, 0.2) is 0 Å². The zero-order valence-corrected chi connectivity index (χ0v) is 30.0. The fourth-order valence-electron chi connectivity index (χ4n) is 6.22. The van der Waals surface area contributed by atoms with Gasteiger partial charge in [0.05, 0.1) is 23.6 Å². The number of aliphatic hydroxyl groups excluding tert-OH is 1. The maximum absolute atomic E-state index is 13.4. The molecule has 8 nitrogen and oxygen atoms in total. The Kier molecular flexibility index (Phi) is 13.7. The van der Waals surface area contributed by atoms with Gasteiger partial charge in [0.1, 0.15) is 10.8 Å². The number of hydrogen-bond donors (Lipinski definition) is 1. The summed E-state index contributed by atoms with van der Waals surface area (Å²) >= 11 is 1.76. The van der Waals surface area contributed by atoms with Gasteiger partial charge in [-0.2, -0.15) is 4.31 Å². The van der Waals surface area contributed by atoms with Gasteiger partial charge in [-0.05, 0) is 89.5 Å². The summed E-state index contributed by atoms with van der Waals surface area (Å²) in [6.45, 7) is 14.0. The van der Waals surface area contributed by atoms with Crippen molar-refractivity contribution in [1.82, 2.24) is 14.2 Å². The van der Waals surface area contributed by atoms with Crippen molar-refractivity contribution in [3.8, 4) is 16.3 Å². The number of ether oxygens (including phenoxy) is 1. The lowest BCUT2D eigenvalue weighted by atomic mass is 9.87. The molecule has 44 heavy (non-hydrogen) atoms. The second-order valence-electron chi connectivity index (χ2n) is 12.5. The second kappa shape index (κ2) is 16.5. The molecule has 1 aromatic carbocycles. The maximum Gasteiger partial charge on any atom is 0.215 e. The third-order valence-electron chi connectivity index (χ3n) is 8.95. The summed E-state index contributed by atoms with van der Waals surface area (Å²) in [5.74, 6) is 1.64. The van der Waals surface area contributed by atoms with Crippen LogP contribution in [0.15, 0.2) is 36.0 Å². The van der Waals surface area contributed by atoms with Crippen LogP contribution in [0.1, 0.15) is 84.4 Å². The Balaban J connectivity index is 1.71. The molecule has 0 aliphatic heterocycles. The monoisotopic (exact) mass is 648 g/mol. The zero-order valence-electron chi connectivity index (χ0n) is 28.4. The number of hydrogen-bond acceptors (Lipinski definition) is 8. The van der Waals surface area contributed by atoms with E-state index in [0.717, 1.165) is 47.7 Å². The van der Waals surface area contributed by atoms with Gasteiger partial charge in [0, 0.05) is 56.9 Å². The van der Waals surface area contributed by atoms with Crippen molar-refractivity contribution in [2.45, 2.75) is 97.8 Å². The highest BCUT2D eigenvalue weighted by molar-refractivity contribution is 7.89. The van der Waals surface area contributed by atoms with E-state index in [0.29, 0.717) is 37.9 Å². The average molecular weight is 649 g/mol. The van der Waals surface area contributed by atoms with Crippen molar-refractivity contribution >= 4 is 27.0 Å². The van der Waals surface area contributed by atoms with Gasteiger partial charge in [-0.15, -0.1) is 11.3 Å². The highest BCUT2D eigenvalue weighted by atomic mass is 32.2. The molecule has 1 N–H and O–H groups in total. The lowest BCUT2D eigenvalue weighted by molar-refractivity contribution is 0.115. The molecule has 1 aromatic heterocycles. The topological polar surface area (TPSA) is 86.2 Å². The van der Waals surface area contributed by atoms with Gasteiger partial charge < -0.3 is 14.7 Å². The number of allylic oxidation sites excluding steroid dienone is 1. The predicted octanol–water partition coefficient (Wildman–Crippen LogP) is 6.63. The molecule has 4 atom stereocenters. The van der Waals surface area contributed by atoms with E-state index in [1.807, 2.05) is 65.9 Å². The Labute approximate surface area is 271 Å². The van der Waals surface area contributed by atoms with E-state index in [2.05, 4.69) is 30.0 Å². The Morgan fingerprint density at radius 3 is 2.45 bits per heavy atom. The van der Waals surface area contributed by atoms with Gasteiger partial charge in [0.25, 0.3) is 0 Å². The molecule has 0 radical (unpaired) electrons. The van der Waals surface area contributed by atoms with Crippen molar-refractivity contribution in [3.63, 3.8) is 0 Å². The van der Waals surface area contributed by atoms with Gasteiger partial charge in [-0.3, -0.25) is 4.90 Å². The van der Waals surface area contributed by atoms with Crippen LogP contribution in [0, 0.1) is 5.92 Å². The van der Waals surface area contributed by atoms with Crippen molar-refractivity contribution in [2.75, 3.05) is 51.4 Å².